The average molecular weight is 654 g/mol. The third kappa shape index (κ3) is 5.34. The van der Waals surface area contributed by atoms with Crippen LogP contribution >= 0.6 is 11.6 Å². The fourth-order valence-corrected chi connectivity index (χ4v) is 6.39. The predicted octanol–water partition coefficient (Wildman–Crippen LogP) is 7.15. The number of aromatic nitrogens is 3. The van der Waals surface area contributed by atoms with Gasteiger partial charge < -0.3 is 19.3 Å². The van der Waals surface area contributed by atoms with Gasteiger partial charge in [-0.15, -0.1) is 0 Å². The van der Waals surface area contributed by atoms with E-state index >= 15 is 4.39 Å². The number of amides is 1. The van der Waals surface area contributed by atoms with Crippen molar-refractivity contribution in [1.82, 2.24) is 19.4 Å². The first-order valence-electron chi connectivity index (χ1n) is 16.1. The van der Waals surface area contributed by atoms with Gasteiger partial charge in [0, 0.05) is 53.9 Å². The Morgan fingerprint density at radius 1 is 1.20 bits per heavy atom. The Hall–Kier alpha value is -4.25. The summed E-state index contributed by atoms with van der Waals surface area (Å²) in [4.78, 5) is 39.8. The van der Waals surface area contributed by atoms with Gasteiger partial charge in [0.1, 0.15) is 23.5 Å². The van der Waals surface area contributed by atoms with E-state index in [-0.39, 0.29) is 64.8 Å². The van der Waals surface area contributed by atoms with Gasteiger partial charge in [-0.2, -0.15) is 4.98 Å². The molecule has 2 aliphatic rings. The van der Waals surface area contributed by atoms with Crippen LogP contribution in [0.25, 0.3) is 27.7 Å². The molecule has 0 spiro atoms. The number of benzene rings is 2. The minimum Gasteiger partial charge on any atom is -0.486 e. The SMILES string of the molecule is [2H]C1([2H])Oc2c(c(Cl)cc3c(N4CCN(C(=O)OC(C)(C)C)C[C@@H]4C)nc(=O)n(-c4c(C)ccnc4C(C)C)c23)-c2c1ccc(F)c2F. The molecular formula is C34H36ClF2N5O4. The van der Waals surface area contributed by atoms with Gasteiger partial charge in [0.25, 0.3) is 0 Å². The summed E-state index contributed by atoms with van der Waals surface area (Å²) in [5, 5.41) is 0.254. The lowest BCUT2D eigenvalue weighted by Crippen LogP contribution is -2.55. The van der Waals surface area contributed by atoms with E-state index in [9.17, 15) is 14.0 Å². The molecule has 1 fully saturated rings. The van der Waals surface area contributed by atoms with E-state index in [1.54, 1.807) is 44.9 Å². The summed E-state index contributed by atoms with van der Waals surface area (Å²) in [6.07, 6.45) is 1.17. The number of carbonyl (C=O) groups is 1. The first-order valence-corrected chi connectivity index (χ1v) is 15.5. The van der Waals surface area contributed by atoms with Gasteiger partial charge in [0.2, 0.25) is 0 Å². The molecule has 46 heavy (non-hydrogen) atoms. The number of nitrogens with zero attached hydrogens (tertiary/aromatic N) is 5. The number of rotatable bonds is 3. The second kappa shape index (κ2) is 11.5. The van der Waals surface area contributed by atoms with Crippen LogP contribution in [0.5, 0.6) is 5.75 Å². The molecule has 4 aromatic rings. The number of hydrogen-bond acceptors (Lipinski definition) is 7. The molecule has 0 unspecified atom stereocenters. The third-order valence-electron chi connectivity index (χ3n) is 8.15. The van der Waals surface area contributed by atoms with E-state index in [1.165, 1.54) is 10.6 Å². The zero-order valence-corrected chi connectivity index (χ0v) is 27.4. The molecular weight excluding hydrogens is 616 g/mol. The number of anilines is 1. The van der Waals surface area contributed by atoms with Crippen LogP contribution in [0.2, 0.25) is 5.02 Å². The average Bonchev–Trinajstić information content (AvgIpc) is 2.98. The standard InChI is InChI=1S/C34H36ClF2N5O4/c1-17(2)27-28(18(3)10-11-38-27)42-29-21(14-22(35)25-24-20(16-45-30(25)29)8-9-23(36)26(24)37)31(39-32(42)43)41-13-12-40(15-19(41)4)33(44)46-34(5,6)7/h8-11,14,17,19H,12-13,15-16H2,1-7H3/t19-/m0/s1/i16D2. The zero-order chi connectivity index (χ0) is 35.0. The van der Waals surface area contributed by atoms with Gasteiger partial charge >= 0.3 is 11.8 Å². The number of piperazine rings is 1. The first-order chi connectivity index (χ1) is 22.4. The van der Waals surface area contributed by atoms with Crippen LogP contribution in [-0.2, 0) is 11.3 Å². The Bertz CT molecular complexity index is 2050. The van der Waals surface area contributed by atoms with Crippen molar-refractivity contribution in [3.8, 4) is 22.6 Å². The van der Waals surface area contributed by atoms with Crippen molar-refractivity contribution in [2.45, 2.75) is 72.6 Å². The zero-order valence-electron chi connectivity index (χ0n) is 28.7. The Kier molecular flexibility index (Phi) is 7.31. The molecule has 0 radical (unpaired) electrons. The Morgan fingerprint density at radius 2 is 1.93 bits per heavy atom. The van der Waals surface area contributed by atoms with Gasteiger partial charge in [-0.1, -0.05) is 31.5 Å². The van der Waals surface area contributed by atoms with E-state index in [0.29, 0.717) is 22.3 Å². The highest BCUT2D eigenvalue weighted by atomic mass is 35.5. The molecule has 242 valence electrons. The predicted molar refractivity (Wildman–Crippen MR) is 173 cm³/mol. The number of pyridine rings is 1. The fraction of sp³-hybridized carbons (Fsp3) is 0.412. The Balaban J connectivity index is 1.66. The van der Waals surface area contributed by atoms with E-state index in [0.717, 1.165) is 12.1 Å². The molecule has 0 aliphatic carbocycles. The number of fused-ring (bicyclic) bond motifs is 5. The van der Waals surface area contributed by atoms with Gasteiger partial charge in [-0.3, -0.25) is 9.55 Å². The molecule has 0 N–H and O–H groups in total. The highest BCUT2D eigenvalue weighted by Gasteiger charge is 2.35. The summed E-state index contributed by atoms with van der Waals surface area (Å²) in [7, 11) is 0. The molecule has 0 saturated carbocycles. The lowest BCUT2D eigenvalue weighted by atomic mass is 9.94. The summed E-state index contributed by atoms with van der Waals surface area (Å²) < 4.78 is 60.8. The second-order valence-electron chi connectivity index (χ2n) is 13.0. The van der Waals surface area contributed by atoms with Crippen LogP contribution in [0.3, 0.4) is 0 Å². The molecule has 1 atom stereocenters. The number of carbonyl (C=O) groups excluding carboxylic acids is 1. The van der Waals surface area contributed by atoms with Gasteiger partial charge in [0.05, 0.1) is 19.1 Å². The number of halogens is 3. The third-order valence-corrected chi connectivity index (χ3v) is 8.45. The normalized spacial score (nSPS) is 18.1. The summed E-state index contributed by atoms with van der Waals surface area (Å²) in [6, 6.07) is 4.85. The second-order valence-corrected chi connectivity index (χ2v) is 13.4. The lowest BCUT2D eigenvalue weighted by Gasteiger charge is -2.41. The minimum absolute atomic E-state index is 0.0564. The van der Waals surface area contributed by atoms with Crippen molar-refractivity contribution < 1.29 is 25.8 Å². The summed E-state index contributed by atoms with van der Waals surface area (Å²) >= 11 is 6.88. The maximum absolute atomic E-state index is 15.7. The van der Waals surface area contributed by atoms with Crippen LogP contribution in [0.1, 0.15) is 67.0 Å². The van der Waals surface area contributed by atoms with Crippen molar-refractivity contribution in [2.75, 3.05) is 24.5 Å². The first kappa shape index (κ1) is 29.2. The van der Waals surface area contributed by atoms with Gasteiger partial charge in [0.15, 0.2) is 17.4 Å². The highest BCUT2D eigenvalue weighted by molar-refractivity contribution is 6.35. The van der Waals surface area contributed by atoms with Crippen LogP contribution in [-0.4, -0.2) is 56.8 Å². The number of aryl methyl sites for hydroxylation is 1. The highest BCUT2D eigenvalue weighted by Crippen LogP contribution is 2.49. The molecule has 4 heterocycles. The Labute approximate surface area is 273 Å². The van der Waals surface area contributed by atoms with Crippen molar-refractivity contribution in [1.29, 1.82) is 0 Å². The molecule has 6 rings (SSSR count). The Morgan fingerprint density at radius 3 is 2.61 bits per heavy atom. The summed E-state index contributed by atoms with van der Waals surface area (Å²) in [5.74, 6) is -2.65. The molecule has 2 aromatic heterocycles. The number of hydrogen-bond donors (Lipinski definition) is 0. The smallest absolute Gasteiger partial charge is 0.410 e. The monoisotopic (exact) mass is 653 g/mol. The lowest BCUT2D eigenvalue weighted by molar-refractivity contribution is 0.0218. The summed E-state index contributed by atoms with van der Waals surface area (Å²) in [5.41, 5.74) is -0.420. The van der Waals surface area contributed by atoms with E-state index in [4.69, 9.17) is 23.8 Å². The van der Waals surface area contributed by atoms with Crippen molar-refractivity contribution in [3.63, 3.8) is 0 Å². The largest absolute Gasteiger partial charge is 0.486 e. The molecule has 9 nitrogen and oxygen atoms in total. The topological polar surface area (TPSA) is 89.8 Å². The molecule has 12 heteroatoms. The maximum Gasteiger partial charge on any atom is 0.410 e. The fourth-order valence-electron chi connectivity index (χ4n) is 6.10. The molecule has 0 bridgehead atoms. The van der Waals surface area contributed by atoms with Crippen LogP contribution < -0.4 is 15.3 Å². The van der Waals surface area contributed by atoms with E-state index < -0.39 is 41.1 Å². The minimum atomic E-state index is -2.63. The molecule has 1 amide bonds. The number of ether oxygens (including phenoxy) is 2. The maximum atomic E-state index is 15.7. The van der Waals surface area contributed by atoms with E-state index in [1.807, 2.05) is 25.7 Å². The van der Waals surface area contributed by atoms with Gasteiger partial charge in [-0.25, -0.2) is 18.4 Å². The van der Waals surface area contributed by atoms with Crippen molar-refractivity contribution in [2.24, 2.45) is 0 Å². The van der Waals surface area contributed by atoms with Crippen LogP contribution in [0.15, 0.2) is 35.3 Å². The summed E-state index contributed by atoms with van der Waals surface area (Å²) in [6.45, 7) is 11.1. The van der Waals surface area contributed by atoms with Crippen molar-refractivity contribution >= 4 is 34.4 Å². The van der Waals surface area contributed by atoms with Crippen LogP contribution in [0.4, 0.5) is 19.4 Å². The quantitative estimate of drug-likeness (QED) is 0.232. The van der Waals surface area contributed by atoms with Crippen molar-refractivity contribution in [3.05, 3.63) is 74.4 Å². The molecule has 2 aromatic carbocycles. The van der Waals surface area contributed by atoms with E-state index in [2.05, 4.69) is 9.97 Å². The van der Waals surface area contributed by atoms with Crippen LogP contribution in [0, 0.1) is 18.6 Å². The van der Waals surface area contributed by atoms with Gasteiger partial charge in [-0.05, 0) is 64.3 Å². The molecule has 2 aliphatic heterocycles. The molecule has 1 saturated heterocycles.